The average Bonchev–Trinajstić information content (AvgIpc) is 2.86. The van der Waals surface area contributed by atoms with E-state index in [0.29, 0.717) is 0 Å². The maximum absolute atomic E-state index is 4.08. The smallest absolute Gasteiger partial charge is 0.0762 e. The number of hydrogen-bond donors (Lipinski definition) is 1. The predicted molar refractivity (Wildman–Crippen MR) is 81.5 cm³/mol. The Morgan fingerprint density at radius 1 is 1.25 bits per heavy atom. The van der Waals surface area contributed by atoms with Crippen molar-refractivity contribution in [3.63, 3.8) is 0 Å². The second-order valence-corrected chi connectivity index (χ2v) is 5.76. The highest BCUT2D eigenvalue weighted by atomic mass is 15.4. The van der Waals surface area contributed by atoms with Crippen LogP contribution in [0.15, 0.2) is 36.5 Å². The van der Waals surface area contributed by atoms with E-state index in [0.717, 1.165) is 18.7 Å². The van der Waals surface area contributed by atoms with E-state index in [2.05, 4.69) is 66.7 Å². The molecule has 2 rings (SSSR count). The van der Waals surface area contributed by atoms with Crippen molar-refractivity contribution in [3.05, 3.63) is 47.8 Å². The number of aryl methyl sites for hydroxylation is 1. The first-order chi connectivity index (χ1) is 9.57. The zero-order chi connectivity index (χ0) is 14.6. The maximum Gasteiger partial charge on any atom is 0.0762 e. The van der Waals surface area contributed by atoms with E-state index in [-0.39, 0.29) is 11.5 Å². The van der Waals surface area contributed by atoms with Crippen molar-refractivity contribution in [2.75, 3.05) is 6.54 Å². The van der Waals surface area contributed by atoms with Gasteiger partial charge in [-0.05, 0) is 18.5 Å². The molecule has 0 radical (unpaired) electrons. The van der Waals surface area contributed by atoms with Crippen molar-refractivity contribution < 1.29 is 0 Å². The topological polar surface area (TPSA) is 42.7 Å². The fraction of sp³-hybridized carbons (Fsp3) is 0.500. The van der Waals surface area contributed by atoms with E-state index in [1.165, 1.54) is 5.56 Å². The molecule has 2 aromatic rings. The van der Waals surface area contributed by atoms with Gasteiger partial charge in [0.25, 0.3) is 0 Å². The van der Waals surface area contributed by atoms with Gasteiger partial charge in [0.2, 0.25) is 0 Å². The summed E-state index contributed by atoms with van der Waals surface area (Å²) < 4.78 is 1.86. The van der Waals surface area contributed by atoms with E-state index < -0.39 is 0 Å². The minimum atomic E-state index is -0.0358. The largest absolute Gasteiger partial charge is 0.308 e. The lowest BCUT2D eigenvalue weighted by molar-refractivity contribution is 0.332. The number of hydrogen-bond acceptors (Lipinski definition) is 3. The summed E-state index contributed by atoms with van der Waals surface area (Å²) >= 11 is 0. The summed E-state index contributed by atoms with van der Waals surface area (Å²) in [5.74, 6) is 0. The molecule has 0 bridgehead atoms. The van der Waals surface area contributed by atoms with E-state index in [9.17, 15) is 0 Å². The van der Waals surface area contributed by atoms with Gasteiger partial charge in [0.05, 0.1) is 17.9 Å². The standard InChI is InChI=1S/C16H24N4/c1-5-11-17-15(14-12-18-19-20(14)4)16(2,3)13-9-7-6-8-10-13/h6-10,12,15,17H,5,11H2,1-4H3. The quantitative estimate of drug-likeness (QED) is 0.879. The Bertz CT molecular complexity index is 530. The van der Waals surface area contributed by atoms with Crippen LogP contribution in [0.2, 0.25) is 0 Å². The van der Waals surface area contributed by atoms with Crippen molar-refractivity contribution in [2.24, 2.45) is 7.05 Å². The van der Waals surface area contributed by atoms with Gasteiger partial charge in [-0.15, -0.1) is 5.10 Å². The molecule has 1 N–H and O–H groups in total. The lowest BCUT2D eigenvalue weighted by Crippen LogP contribution is -2.39. The fourth-order valence-corrected chi connectivity index (χ4v) is 2.61. The molecule has 0 saturated heterocycles. The Morgan fingerprint density at radius 2 is 1.95 bits per heavy atom. The molecule has 0 spiro atoms. The number of aromatic nitrogens is 3. The molecule has 0 aliphatic heterocycles. The zero-order valence-corrected chi connectivity index (χ0v) is 12.8. The maximum atomic E-state index is 4.08. The van der Waals surface area contributed by atoms with Crippen molar-refractivity contribution in [1.29, 1.82) is 0 Å². The van der Waals surface area contributed by atoms with Gasteiger partial charge in [-0.25, -0.2) is 0 Å². The number of nitrogens with one attached hydrogen (secondary N) is 1. The molecule has 108 valence electrons. The van der Waals surface area contributed by atoms with E-state index in [4.69, 9.17) is 0 Å². The van der Waals surface area contributed by atoms with Crippen LogP contribution in [0, 0.1) is 0 Å². The predicted octanol–water partition coefficient (Wildman–Crippen LogP) is 2.83. The van der Waals surface area contributed by atoms with Gasteiger partial charge in [-0.2, -0.15) is 0 Å². The molecule has 0 fully saturated rings. The van der Waals surface area contributed by atoms with Crippen molar-refractivity contribution >= 4 is 0 Å². The van der Waals surface area contributed by atoms with Gasteiger partial charge >= 0.3 is 0 Å². The molecule has 0 aliphatic rings. The Labute approximate surface area is 121 Å². The SMILES string of the molecule is CCCNC(c1cnnn1C)C(C)(C)c1ccccc1. The first-order valence-electron chi connectivity index (χ1n) is 7.21. The van der Waals surface area contributed by atoms with E-state index in [1.54, 1.807) is 0 Å². The minimum absolute atomic E-state index is 0.0358. The lowest BCUT2D eigenvalue weighted by Gasteiger charge is -2.35. The van der Waals surface area contributed by atoms with E-state index in [1.807, 2.05) is 17.9 Å². The molecule has 0 aliphatic carbocycles. The van der Waals surface area contributed by atoms with Crippen LogP contribution in [0.1, 0.15) is 44.5 Å². The summed E-state index contributed by atoms with van der Waals surface area (Å²) in [5, 5.41) is 11.8. The Hall–Kier alpha value is -1.68. The number of benzene rings is 1. The van der Waals surface area contributed by atoms with Crippen LogP contribution in [0.5, 0.6) is 0 Å². The molecular weight excluding hydrogens is 248 g/mol. The van der Waals surface area contributed by atoms with Crippen molar-refractivity contribution in [3.8, 4) is 0 Å². The van der Waals surface area contributed by atoms with Gasteiger partial charge in [0, 0.05) is 12.5 Å². The highest BCUT2D eigenvalue weighted by Gasteiger charge is 2.34. The Kier molecular flexibility index (Phi) is 4.55. The van der Waals surface area contributed by atoms with Crippen LogP contribution in [-0.4, -0.2) is 21.5 Å². The summed E-state index contributed by atoms with van der Waals surface area (Å²) in [4.78, 5) is 0. The lowest BCUT2D eigenvalue weighted by atomic mass is 9.76. The third-order valence-electron chi connectivity index (χ3n) is 3.88. The monoisotopic (exact) mass is 272 g/mol. The van der Waals surface area contributed by atoms with Gasteiger partial charge in [-0.3, -0.25) is 4.68 Å². The summed E-state index contributed by atoms with van der Waals surface area (Å²) in [7, 11) is 1.95. The van der Waals surface area contributed by atoms with Gasteiger partial charge < -0.3 is 5.32 Å². The molecule has 4 nitrogen and oxygen atoms in total. The second kappa shape index (κ2) is 6.18. The fourth-order valence-electron chi connectivity index (χ4n) is 2.61. The molecule has 1 atom stereocenters. The van der Waals surface area contributed by atoms with Crippen molar-refractivity contribution in [1.82, 2.24) is 20.3 Å². The highest BCUT2D eigenvalue weighted by molar-refractivity contribution is 5.28. The normalized spacial score (nSPS) is 13.4. The molecule has 4 heteroatoms. The molecule has 0 amide bonds. The minimum Gasteiger partial charge on any atom is -0.308 e. The first kappa shape index (κ1) is 14.7. The molecular formula is C16H24N4. The molecule has 1 aromatic heterocycles. The number of nitrogens with zero attached hydrogens (tertiary/aromatic N) is 3. The van der Waals surface area contributed by atoms with Crippen LogP contribution < -0.4 is 5.32 Å². The first-order valence-corrected chi connectivity index (χ1v) is 7.21. The van der Waals surface area contributed by atoms with Crippen LogP contribution >= 0.6 is 0 Å². The van der Waals surface area contributed by atoms with Gasteiger partial charge in [0.15, 0.2) is 0 Å². The van der Waals surface area contributed by atoms with Crippen molar-refractivity contribution in [2.45, 2.75) is 38.6 Å². The van der Waals surface area contributed by atoms with Crippen LogP contribution in [0.3, 0.4) is 0 Å². The van der Waals surface area contributed by atoms with Crippen LogP contribution in [0.4, 0.5) is 0 Å². The molecule has 1 unspecified atom stereocenters. The molecule has 1 aromatic carbocycles. The zero-order valence-electron chi connectivity index (χ0n) is 12.8. The van der Waals surface area contributed by atoms with E-state index >= 15 is 0 Å². The molecule has 0 saturated carbocycles. The third kappa shape index (κ3) is 2.90. The van der Waals surface area contributed by atoms with Crippen LogP contribution in [-0.2, 0) is 12.5 Å². The van der Waals surface area contributed by atoms with Crippen LogP contribution in [0.25, 0.3) is 0 Å². The summed E-state index contributed by atoms with van der Waals surface area (Å²) in [6.07, 6.45) is 2.96. The Balaban J connectivity index is 2.38. The van der Waals surface area contributed by atoms with Gasteiger partial charge in [-0.1, -0.05) is 56.3 Å². The molecule has 1 heterocycles. The average molecular weight is 272 g/mol. The summed E-state index contributed by atoms with van der Waals surface area (Å²) in [6.45, 7) is 7.69. The molecule has 20 heavy (non-hydrogen) atoms. The third-order valence-corrected chi connectivity index (χ3v) is 3.88. The summed E-state index contributed by atoms with van der Waals surface area (Å²) in [6, 6.07) is 10.8. The number of rotatable bonds is 6. The second-order valence-electron chi connectivity index (χ2n) is 5.76. The summed E-state index contributed by atoms with van der Waals surface area (Å²) in [5.41, 5.74) is 2.40. The Morgan fingerprint density at radius 3 is 2.50 bits per heavy atom. The van der Waals surface area contributed by atoms with Gasteiger partial charge in [0.1, 0.15) is 0 Å². The highest BCUT2D eigenvalue weighted by Crippen LogP contribution is 2.36.